The van der Waals surface area contributed by atoms with E-state index in [0.717, 1.165) is 12.1 Å². The summed E-state index contributed by atoms with van der Waals surface area (Å²) in [5, 5.41) is 2.06. The first-order valence-corrected chi connectivity index (χ1v) is 8.84. The first kappa shape index (κ1) is 22.0. The van der Waals surface area contributed by atoms with Crippen molar-refractivity contribution in [2.75, 3.05) is 5.32 Å². The van der Waals surface area contributed by atoms with Gasteiger partial charge in [-0.1, -0.05) is 11.6 Å². The predicted octanol–water partition coefficient (Wildman–Crippen LogP) is 5.75. The summed E-state index contributed by atoms with van der Waals surface area (Å²) in [4.78, 5) is 21.2. The van der Waals surface area contributed by atoms with Crippen molar-refractivity contribution >= 4 is 31.5 Å². The average molecular weight is 443 g/mol. The number of alkyl halides is 5. The SMILES string of the molecule is CC(F)(F)c1cc(NC(=O)c2cc(Cl)ccc2O[P+](=O)O)cc(C(F)(F)F)c1. The van der Waals surface area contributed by atoms with Gasteiger partial charge in [-0.25, -0.2) is 13.3 Å². The molecule has 2 aromatic rings. The molecule has 5 nitrogen and oxygen atoms in total. The van der Waals surface area contributed by atoms with Crippen LogP contribution in [0.3, 0.4) is 0 Å². The van der Waals surface area contributed by atoms with Crippen LogP contribution < -0.4 is 9.84 Å². The highest BCUT2D eigenvalue weighted by atomic mass is 35.5. The monoisotopic (exact) mass is 442 g/mol. The summed E-state index contributed by atoms with van der Waals surface area (Å²) in [6, 6.07) is 4.81. The lowest BCUT2D eigenvalue weighted by molar-refractivity contribution is -0.137. The molecule has 0 aliphatic heterocycles. The van der Waals surface area contributed by atoms with Crippen LogP contribution in [0.2, 0.25) is 5.02 Å². The summed E-state index contributed by atoms with van der Waals surface area (Å²) in [6.07, 6.45) is -4.93. The van der Waals surface area contributed by atoms with Crippen LogP contribution in [0, 0.1) is 0 Å². The molecule has 0 radical (unpaired) electrons. The van der Waals surface area contributed by atoms with E-state index < -0.39 is 43.1 Å². The Bertz CT molecular complexity index is 898. The lowest BCUT2D eigenvalue weighted by Crippen LogP contribution is -2.16. The van der Waals surface area contributed by atoms with Gasteiger partial charge in [0, 0.05) is 27.8 Å². The maximum absolute atomic E-state index is 13.5. The van der Waals surface area contributed by atoms with E-state index in [9.17, 15) is 31.3 Å². The summed E-state index contributed by atoms with van der Waals surface area (Å²) in [7, 11) is -3.15. The number of anilines is 1. The molecular formula is C16H11ClF5NO4P+. The highest BCUT2D eigenvalue weighted by Crippen LogP contribution is 2.37. The van der Waals surface area contributed by atoms with E-state index >= 15 is 0 Å². The van der Waals surface area contributed by atoms with E-state index in [0.29, 0.717) is 19.1 Å². The second kappa shape index (κ2) is 7.98. The largest absolute Gasteiger partial charge is 0.747 e. The molecule has 0 spiro atoms. The Morgan fingerprint density at radius 1 is 1.11 bits per heavy atom. The fourth-order valence-corrected chi connectivity index (χ4v) is 2.66. The summed E-state index contributed by atoms with van der Waals surface area (Å²) < 4.78 is 81.5. The molecule has 0 bridgehead atoms. The van der Waals surface area contributed by atoms with Crippen molar-refractivity contribution in [1.82, 2.24) is 0 Å². The van der Waals surface area contributed by atoms with Crippen molar-refractivity contribution in [3.05, 3.63) is 58.1 Å². The van der Waals surface area contributed by atoms with Gasteiger partial charge in [0.1, 0.15) is 0 Å². The number of carbonyl (C=O) groups excluding carboxylic acids is 1. The third-order valence-corrected chi connectivity index (χ3v) is 3.98. The number of benzene rings is 2. The van der Waals surface area contributed by atoms with Crippen LogP contribution in [0.4, 0.5) is 27.6 Å². The summed E-state index contributed by atoms with van der Waals surface area (Å²) in [6.45, 7) is 0.412. The summed E-state index contributed by atoms with van der Waals surface area (Å²) in [5.41, 5.74) is -3.29. The van der Waals surface area contributed by atoms with Gasteiger partial charge in [-0.2, -0.15) is 13.2 Å². The number of amides is 1. The Balaban J connectivity index is 2.47. The number of carbonyl (C=O) groups is 1. The number of hydrogen-bond donors (Lipinski definition) is 2. The predicted molar refractivity (Wildman–Crippen MR) is 90.9 cm³/mol. The standard InChI is InChI=1S/C16H10ClF5NO4P/c1-15(18,19)8-4-9(16(20,21)22)6-11(5-8)23-14(24)12-7-10(17)2-3-13(12)27-28(25)26/h2-7H,1H3,(H-,23,24,25,26)/p+1. The fraction of sp³-hybridized carbons (Fsp3) is 0.188. The Kier molecular flexibility index (Phi) is 6.27. The lowest BCUT2D eigenvalue weighted by Gasteiger charge is -2.17. The lowest BCUT2D eigenvalue weighted by atomic mass is 10.0. The maximum Gasteiger partial charge on any atom is 0.747 e. The fourth-order valence-electron chi connectivity index (χ4n) is 2.16. The molecule has 1 atom stereocenters. The second-order valence-electron chi connectivity index (χ2n) is 5.61. The van der Waals surface area contributed by atoms with Crippen LogP contribution in [0.25, 0.3) is 0 Å². The molecule has 28 heavy (non-hydrogen) atoms. The van der Waals surface area contributed by atoms with Crippen molar-refractivity contribution in [2.45, 2.75) is 19.0 Å². The molecule has 0 aliphatic carbocycles. The number of nitrogens with one attached hydrogen (secondary N) is 1. The Labute approximate surface area is 161 Å². The zero-order valence-corrected chi connectivity index (χ0v) is 15.5. The smallest absolute Gasteiger partial charge is 0.322 e. The van der Waals surface area contributed by atoms with Gasteiger partial charge in [-0.05, 0) is 36.4 Å². The van der Waals surface area contributed by atoms with E-state index in [-0.39, 0.29) is 22.4 Å². The van der Waals surface area contributed by atoms with E-state index in [1.165, 1.54) is 6.07 Å². The molecule has 2 rings (SSSR count). The highest BCUT2D eigenvalue weighted by molar-refractivity contribution is 7.32. The molecule has 0 saturated heterocycles. The molecule has 0 fully saturated rings. The highest BCUT2D eigenvalue weighted by Gasteiger charge is 2.35. The van der Waals surface area contributed by atoms with Crippen molar-refractivity contribution in [2.24, 2.45) is 0 Å². The minimum Gasteiger partial charge on any atom is -0.322 e. The molecular weight excluding hydrogens is 432 g/mol. The summed E-state index contributed by atoms with van der Waals surface area (Å²) >= 11 is 5.75. The molecule has 0 heterocycles. The third-order valence-electron chi connectivity index (χ3n) is 3.39. The Morgan fingerprint density at radius 3 is 2.25 bits per heavy atom. The first-order chi connectivity index (χ1) is 12.8. The zero-order valence-electron chi connectivity index (χ0n) is 13.9. The van der Waals surface area contributed by atoms with Crippen LogP contribution in [0.1, 0.15) is 28.4 Å². The molecule has 0 saturated carbocycles. The Morgan fingerprint density at radius 2 is 1.71 bits per heavy atom. The molecule has 12 heteroatoms. The van der Waals surface area contributed by atoms with E-state index in [1.807, 2.05) is 5.32 Å². The minimum atomic E-state index is -4.93. The molecule has 0 aliphatic rings. The van der Waals surface area contributed by atoms with Crippen molar-refractivity contribution < 1.29 is 40.7 Å². The summed E-state index contributed by atoms with van der Waals surface area (Å²) in [5.74, 6) is -5.06. The minimum absolute atomic E-state index is 0.0236. The van der Waals surface area contributed by atoms with Gasteiger partial charge in [0.2, 0.25) is 5.75 Å². The van der Waals surface area contributed by atoms with Gasteiger partial charge in [-0.3, -0.25) is 4.79 Å². The van der Waals surface area contributed by atoms with Gasteiger partial charge in [0.05, 0.1) is 11.1 Å². The van der Waals surface area contributed by atoms with Crippen LogP contribution in [0.5, 0.6) is 5.75 Å². The molecule has 1 amide bonds. The van der Waals surface area contributed by atoms with Crippen molar-refractivity contribution in [1.29, 1.82) is 0 Å². The van der Waals surface area contributed by atoms with Crippen LogP contribution in [-0.4, -0.2) is 10.8 Å². The normalized spacial score (nSPS) is 12.5. The molecule has 2 aromatic carbocycles. The maximum atomic E-state index is 13.5. The van der Waals surface area contributed by atoms with E-state index in [4.69, 9.17) is 16.5 Å². The van der Waals surface area contributed by atoms with Gasteiger partial charge in [0.15, 0.2) is 0 Å². The first-order valence-electron chi connectivity index (χ1n) is 7.33. The quantitative estimate of drug-likeness (QED) is 0.456. The third kappa shape index (κ3) is 5.60. The molecule has 1 unspecified atom stereocenters. The number of rotatable bonds is 5. The number of halogens is 6. The zero-order chi connectivity index (χ0) is 21.3. The topological polar surface area (TPSA) is 75.6 Å². The van der Waals surface area contributed by atoms with Gasteiger partial charge < -0.3 is 5.32 Å². The van der Waals surface area contributed by atoms with Gasteiger partial charge >= 0.3 is 14.4 Å². The second-order valence-corrected chi connectivity index (χ2v) is 6.70. The average Bonchev–Trinajstić information content (AvgIpc) is 2.54. The van der Waals surface area contributed by atoms with Crippen LogP contribution in [0.15, 0.2) is 36.4 Å². The van der Waals surface area contributed by atoms with Crippen LogP contribution >= 0.6 is 19.9 Å². The van der Waals surface area contributed by atoms with Crippen molar-refractivity contribution in [3.8, 4) is 5.75 Å². The van der Waals surface area contributed by atoms with Crippen molar-refractivity contribution in [3.63, 3.8) is 0 Å². The molecule has 0 aromatic heterocycles. The molecule has 150 valence electrons. The van der Waals surface area contributed by atoms with Gasteiger partial charge in [0.25, 0.3) is 11.8 Å². The molecule has 2 N–H and O–H groups in total. The number of hydrogen-bond acceptors (Lipinski definition) is 3. The van der Waals surface area contributed by atoms with E-state index in [2.05, 4.69) is 4.52 Å². The van der Waals surface area contributed by atoms with Crippen LogP contribution in [-0.2, 0) is 16.7 Å². The Hall–Kier alpha value is -2.29. The van der Waals surface area contributed by atoms with Gasteiger partial charge in [-0.15, -0.1) is 4.89 Å². The van der Waals surface area contributed by atoms with E-state index in [1.54, 1.807) is 0 Å².